The number of primary amides is 1. The highest BCUT2D eigenvalue weighted by Crippen LogP contribution is 2.31. The highest BCUT2D eigenvalue weighted by atomic mass is 35.5. The molecule has 0 aliphatic carbocycles. The average molecular weight is 298 g/mol. The van der Waals surface area contributed by atoms with Crippen molar-refractivity contribution in [2.75, 3.05) is 0 Å². The van der Waals surface area contributed by atoms with Crippen LogP contribution in [0.2, 0.25) is 0 Å². The van der Waals surface area contributed by atoms with E-state index >= 15 is 0 Å². The van der Waals surface area contributed by atoms with Crippen LogP contribution < -0.4 is 5.73 Å². The molecule has 1 aromatic carbocycles. The van der Waals surface area contributed by atoms with Crippen LogP contribution in [0.3, 0.4) is 0 Å². The fourth-order valence-electron chi connectivity index (χ4n) is 2.42. The van der Waals surface area contributed by atoms with Crippen LogP contribution in [0.4, 0.5) is 4.39 Å². The van der Waals surface area contributed by atoms with Gasteiger partial charge in [-0.1, -0.05) is 13.8 Å². The van der Waals surface area contributed by atoms with Crippen molar-refractivity contribution < 1.29 is 9.18 Å². The first-order chi connectivity index (χ1) is 9.32. The number of amides is 1. The van der Waals surface area contributed by atoms with Crippen LogP contribution in [0.5, 0.6) is 0 Å². The monoisotopic (exact) mass is 297 g/mol. The van der Waals surface area contributed by atoms with E-state index in [4.69, 9.17) is 17.3 Å². The topological polar surface area (TPSA) is 60.9 Å². The Kier molecular flexibility index (Phi) is 3.99. The SMILES string of the molecule is CC(Cl)c1nc2cc(F)ccc2n1C(C(N)=O)C(C)C. The van der Waals surface area contributed by atoms with Gasteiger partial charge >= 0.3 is 0 Å². The van der Waals surface area contributed by atoms with Crippen molar-refractivity contribution in [2.45, 2.75) is 32.2 Å². The summed E-state index contributed by atoms with van der Waals surface area (Å²) < 4.78 is 15.0. The molecule has 2 rings (SSSR count). The van der Waals surface area contributed by atoms with Crippen LogP contribution in [0.25, 0.3) is 11.0 Å². The van der Waals surface area contributed by atoms with Crippen molar-refractivity contribution in [1.29, 1.82) is 0 Å². The van der Waals surface area contributed by atoms with E-state index in [1.54, 1.807) is 17.6 Å². The van der Waals surface area contributed by atoms with Crippen LogP contribution in [0.1, 0.15) is 38.0 Å². The van der Waals surface area contributed by atoms with Gasteiger partial charge in [0, 0.05) is 6.07 Å². The molecule has 0 aliphatic rings. The number of alkyl halides is 1. The molecule has 0 aliphatic heterocycles. The second-order valence-electron chi connectivity index (χ2n) is 5.18. The maximum absolute atomic E-state index is 13.3. The third-order valence-corrected chi connectivity index (χ3v) is 3.43. The molecule has 20 heavy (non-hydrogen) atoms. The van der Waals surface area contributed by atoms with Gasteiger partial charge in [0.05, 0.1) is 16.4 Å². The second kappa shape index (κ2) is 5.40. The van der Waals surface area contributed by atoms with Gasteiger partial charge in [-0.05, 0) is 25.0 Å². The van der Waals surface area contributed by atoms with Crippen LogP contribution in [0, 0.1) is 11.7 Å². The third-order valence-electron chi connectivity index (χ3n) is 3.24. The maximum Gasteiger partial charge on any atom is 0.240 e. The normalized spacial score (nSPS) is 14.7. The van der Waals surface area contributed by atoms with E-state index in [-0.39, 0.29) is 11.7 Å². The molecule has 0 bridgehead atoms. The molecule has 108 valence electrons. The molecule has 2 atom stereocenters. The summed E-state index contributed by atoms with van der Waals surface area (Å²) in [6, 6.07) is 3.69. The number of rotatable bonds is 4. The molecular weight excluding hydrogens is 281 g/mol. The first kappa shape index (κ1) is 14.8. The first-order valence-corrected chi connectivity index (χ1v) is 6.87. The van der Waals surface area contributed by atoms with Gasteiger partial charge in [0.15, 0.2) is 0 Å². The van der Waals surface area contributed by atoms with Crippen molar-refractivity contribution in [3.8, 4) is 0 Å². The third kappa shape index (κ3) is 2.50. The number of benzene rings is 1. The van der Waals surface area contributed by atoms with Crippen LogP contribution >= 0.6 is 11.6 Å². The second-order valence-corrected chi connectivity index (χ2v) is 5.83. The number of nitrogens with two attached hydrogens (primary N) is 1. The summed E-state index contributed by atoms with van der Waals surface area (Å²) in [6.45, 7) is 5.55. The fraction of sp³-hybridized carbons (Fsp3) is 0.429. The Morgan fingerprint density at radius 2 is 2.05 bits per heavy atom. The molecule has 0 saturated heterocycles. The Bertz CT molecular complexity index is 651. The summed E-state index contributed by atoms with van der Waals surface area (Å²) >= 11 is 6.14. The molecule has 1 amide bonds. The van der Waals surface area contributed by atoms with Crippen molar-refractivity contribution in [3.63, 3.8) is 0 Å². The minimum absolute atomic E-state index is 0.0240. The van der Waals surface area contributed by atoms with Crippen LogP contribution in [-0.4, -0.2) is 15.5 Å². The molecule has 0 fully saturated rings. The van der Waals surface area contributed by atoms with Gasteiger partial charge in [-0.15, -0.1) is 11.6 Å². The van der Waals surface area contributed by atoms with Gasteiger partial charge in [-0.3, -0.25) is 4.79 Å². The number of hydrogen-bond acceptors (Lipinski definition) is 2. The van der Waals surface area contributed by atoms with Gasteiger partial charge in [-0.25, -0.2) is 9.37 Å². The number of imidazole rings is 1. The maximum atomic E-state index is 13.3. The number of hydrogen-bond donors (Lipinski definition) is 1. The number of carbonyl (C=O) groups is 1. The molecule has 0 radical (unpaired) electrons. The van der Waals surface area contributed by atoms with Crippen LogP contribution in [0.15, 0.2) is 18.2 Å². The predicted molar refractivity (Wildman–Crippen MR) is 77.0 cm³/mol. The molecule has 4 nitrogen and oxygen atoms in total. The predicted octanol–water partition coefficient (Wildman–Crippen LogP) is 3.16. The summed E-state index contributed by atoms with van der Waals surface area (Å²) in [5.74, 6) is -0.341. The van der Waals surface area contributed by atoms with Gasteiger partial charge in [0.1, 0.15) is 17.7 Å². The van der Waals surface area contributed by atoms with E-state index in [2.05, 4.69) is 4.98 Å². The van der Waals surface area contributed by atoms with E-state index in [0.29, 0.717) is 16.9 Å². The number of carbonyl (C=O) groups excluding carboxylic acids is 1. The number of halogens is 2. The first-order valence-electron chi connectivity index (χ1n) is 6.43. The van der Waals surface area contributed by atoms with Crippen molar-refractivity contribution >= 4 is 28.5 Å². The lowest BCUT2D eigenvalue weighted by Gasteiger charge is -2.23. The summed E-state index contributed by atoms with van der Waals surface area (Å²) in [5.41, 5.74) is 6.64. The van der Waals surface area contributed by atoms with E-state index in [1.165, 1.54) is 12.1 Å². The zero-order valence-electron chi connectivity index (χ0n) is 11.6. The summed E-state index contributed by atoms with van der Waals surface area (Å²) in [5, 5.41) is -0.411. The van der Waals surface area contributed by atoms with E-state index in [1.807, 2.05) is 13.8 Å². The molecule has 2 unspecified atom stereocenters. The number of aromatic nitrogens is 2. The number of nitrogens with zero attached hydrogens (tertiary/aromatic N) is 2. The summed E-state index contributed by atoms with van der Waals surface area (Å²) in [4.78, 5) is 16.1. The Hall–Kier alpha value is -1.62. The zero-order chi connectivity index (χ0) is 15.0. The fourth-order valence-corrected chi connectivity index (χ4v) is 2.57. The Labute approximate surface area is 121 Å². The lowest BCUT2D eigenvalue weighted by molar-refractivity contribution is -0.122. The molecule has 2 N–H and O–H groups in total. The van der Waals surface area contributed by atoms with Crippen molar-refractivity contribution in [1.82, 2.24) is 9.55 Å². The minimum atomic E-state index is -0.568. The Balaban J connectivity index is 2.77. The molecule has 2 aromatic rings. The van der Waals surface area contributed by atoms with E-state index in [9.17, 15) is 9.18 Å². The van der Waals surface area contributed by atoms with Gasteiger partial charge < -0.3 is 10.3 Å². The smallest absolute Gasteiger partial charge is 0.240 e. The van der Waals surface area contributed by atoms with Crippen molar-refractivity contribution in [2.24, 2.45) is 11.7 Å². The highest BCUT2D eigenvalue weighted by molar-refractivity contribution is 6.20. The number of fused-ring (bicyclic) bond motifs is 1. The van der Waals surface area contributed by atoms with Crippen molar-refractivity contribution in [3.05, 3.63) is 29.8 Å². The quantitative estimate of drug-likeness (QED) is 0.881. The van der Waals surface area contributed by atoms with E-state index in [0.717, 1.165) is 0 Å². The molecule has 6 heteroatoms. The summed E-state index contributed by atoms with van der Waals surface area (Å²) in [7, 11) is 0. The summed E-state index contributed by atoms with van der Waals surface area (Å²) in [6.07, 6.45) is 0. The average Bonchev–Trinajstić information content (AvgIpc) is 2.67. The van der Waals surface area contributed by atoms with E-state index < -0.39 is 17.3 Å². The molecule has 1 aromatic heterocycles. The minimum Gasteiger partial charge on any atom is -0.368 e. The molecule has 0 saturated carbocycles. The van der Waals surface area contributed by atoms with Gasteiger partial charge in [-0.2, -0.15) is 0 Å². The Morgan fingerprint density at radius 3 is 2.55 bits per heavy atom. The largest absolute Gasteiger partial charge is 0.368 e. The standard InChI is InChI=1S/C14H17ClFN3O/c1-7(2)12(13(17)20)19-11-5-4-9(16)6-10(11)18-14(19)8(3)15/h4-8,12H,1-3H3,(H2,17,20). The molecule has 0 spiro atoms. The highest BCUT2D eigenvalue weighted by Gasteiger charge is 2.28. The lowest BCUT2D eigenvalue weighted by Crippen LogP contribution is -2.31. The lowest BCUT2D eigenvalue weighted by atomic mass is 10.0. The zero-order valence-corrected chi connectivity index (χ0v) is 12.4. The van der Waals surface area contributed by atoms with Crippen LogP contribution in [-0.2, 0) is 4.79 Å². The molecule has 1 heterocycles. The van der Waals surface area contributed by atoms with Gasteiger partial charge in [0.2, 0.25) is 5.91 Å². The Morgan fingerprint density at radius 1 is 1.40 bits per heavy atom. The molecular formula is C14H17ClFN3O. The van der Waals surface area contributed by atoms with Gasteiger partial charge in [0.25, 0.3) is 0 Å².